The molecule has 0 unspecified atom stereocenters. The van der Waals surface area contributed by atoms with Crippen molar-refractivity contribution >= 4 is 5.91 Å². The number of aliphatic hydroxyl groups is 1. The highest BCUT2D eigenvalue weighted by molar-refractivity contribution is 5.95. The van der Waals surface area contributed by atoms with Gasteiger partial charge < -0.3 is 14.7 Å². The Morgan fingerprint density at radius 3 is 2.61 bits per heavy atom. The Morgan fingerprint density at radius 2 is 2.11 bits per heavy atom. The normalized spacial score (nSPS) is 10.6. The zero-order valence-electron chi connectivity index (χ0n) is 11.4. The first-order valence-electron chi connectivity index (χ1n) is 6.07. The molecule has 0 saturated carbocycles. The molecule has 4 nitrogen and oxygen atoms in total. The maximum atomic E-state index is 12.3. The minimum Gasteiger partial charge on any atom is -0.496 e. The van der Waals surface area contributed by atoms with E-state index in [1.165, 1.54) is 0 Å². The number of amides is 1. The molecule has 0 aliphatic carbocycles. The van der Waals surface area contributed by atoms with E-state index in [9.17, 15) is 4.79 Å². The number of hydrogen-bond donors (Lipinski definition) is 1. The third-order valence-electron chi connectivity index (χ3n) is 2.88. The second-order valence-electron chi connectivity index (χ2n) is 4.50. The zero-order chi connectivity index (χ0) is 13.7. The van der Waals surface area contributed by atoms with Gasteiger partial charge in [-0.25, -0.2) is 0 Å². The topological polar surface area (TPSA) is 49.8 Å². The number of methoxy groups -OCH3 is 1. The van der Waals surface area contributed by atoms with E-state index in [0.717, 1.165) is 5.56 Å². The van der Waals surface area contributed by atoms with Crippen molar-refractivity contribution in [2.75, 3.05) is 20.3 Å². The highest BCUT2D eigenvalue weighted by Crippen LogP contribution is 2.20. The van der Waals surface area contributed by atoms with Gasteiger partial charge in [-0.05, 0) is 38.5 Å². The van der Waals surface area contributed by atoms with Gasteiger partial charge >= 0.3 is 0 Å². The van der Waals surface area contributed by atoms with Crippen LogP contribution in [-0.4, -0.2) is 42.2 Å². The molecule has 1 N–H and O–H groups in total. The first-order valence-corrected chi connectivity index (χ1v) is 6.07. The molecule has 1 rings (SSSR count). The molecule has 0 heterocycles. The Hall–Kier alpha value is -1.55. The highest BCUT2D eigenvalue weighted by Gasteiger charge is 2.18. The van der Waals surface area contributed by atoms with Gasteiger partial charge in [0, 0.05) is 18.2 Å². The van der Waals surface area contributed by atoms with Gasteiger partial charge in [-0.15, -0.1) is 0 Å². The molecule has 1 aromatic rings. The summed E-state index contributed by atoms with van der Waals surface area (Å²) in [5, 5.41) is 9.01. The molecule has 0 aliphatic heterocycles. The van der Waals surface area contributed by atoms with Gasteiger partial charge in [0.25, 0.3) is 5.91 Å². The molecule has 0 radical (unpaired) electrons. The van der Waals surface area contributed by atoms with Crippen molar-refractivity contribution in [2.45, 2.75) is 26.8 Å². The van der Waals surface area contributed by atoms with Gasteiger partial charge in [0.1, 0.15) is 5.75 Å². The number of hydrogen-bond acceptors (Lipinski definition) is 3. The fraction of sp³-hybridized carbons (Fsp3) is 0.500. The van der Waals surface area contributed by atoms with E-state index in [1.807, 2.05) is 26.8 Å². The average Bonchev–Trinajstić information content (AvgIpc) is 2.35. The van der Waals surface area contributed by atoms with E-state index < -0.39 is 0 Å². The molecular formula is C14H21NO3. The number of carbonyl (C=O) groups is 1. The molecule has 4 heteroatoms. The smallest absolute Gasteiger partial charge is 0.254 e. The lowest BCUT2D eigenvalue weighted by Crippen LogP contribution is -2.39. The van der Waals surface area contributed by atoms with E-state index in [-0.39, 0.29) is 18.6 Å². The third kappa shape index (κ3) is 3.23. The lowest BCUT2D eigenvalue weighted by Gasteiger charge is -2.26. The largest absolute Gasteiger partial charge is 0.496 e. The number of benzene rings is 1. The van der Waals surface area contributed by atoms with Crippen LogP contribution < -0.4 is 4.74 Å². The molecule has 0 spiro atoms. The molecule has 1 amide bonds. The van der Waals surface area contributed by atoms with Crippen LogP contribution in [0.25, 0.3) is 0 Å². The van der Waals surface area contributed by atoms with Gasteiger partial charge in [0.15, 0.2) is 0 Å². The number of aliphatic hydroxyl groups excluding tert-OH is 1. The first kappa shape index (κ1) is 14.5. The van der Waals surface area contributed by atoms with Crippen molar-refractivity contribution in [2.24, 2.45) is 0 Å². The number of rotatable bonds is 5. The van der Waals surface area contributed by atoms with Crippen molar-refractivity contribution in [1.82, 2.24) is 4.90 Å². The molecule has 0 aliphatic rings. The van der Waals surface area contributed by atoms with E-state index in [0.29, 0.717) is 17.9 Å². The maximum Gasteiger partial charge on any atom is 0.254 e. The predicted molar refractivity (Wildman–Crippen MR) is 71.0 cm³/mol. The van der Waals surface area contributed by atoms with E-state index >= 15 is 0 Å². The fourth-order valence-corrected chi connectivity index (χ4v) is 1.82. The van der Waals surface area contributed by atoms with Crippen molar-refractivity contribution in [3.05, 3.63) is 29.3 Å². The summed E-state index contributed by atoms with van der Waals surface area (Å²) in [4.78, 5) is 14.0. The van der Waals surface area contributed by atoms with Crippen LogP contribution in [0.4, 0.5) is 0 Å². The number of carbonyl (C=O) groups excluding carboxylic acids is 1. The molecule has 0 bridgehead atoms. The summed E-state index contributed by atoms with van der Waals surface area (Å²) in [5.41, 5.74) is 1.58. The van der Waals surface area contributed by atoms with Gasteiger partial charge in [-0.3, -0.25) is 4.79 Å². The molecule has 1 aromatic carbocycles. The van der Waals surface area contributed by atoms with Crippen LogP contribution in [0, 0.1) is 6.92 Å². The third-order valence-corrected chi connectivity index (χ3v) is 2.88. The second-order valence-corrected chi connectivity index (χ2v) is 4.50. The summed E-state index contributed by atoms with van der Waals surface area (Å²) in [5.74, 6) is 0.617. The number of ether oxygens (including phenoxy) is 1. The summed E-state index contributed by atoms with van der Waals surface area (Å²) in [6, 6.07) is 5.44. The Labute approximate surface area is 108 Å². The van der Waals surface area contributed by atoms with E-state index in [4.69, 9.17) is 9.84 Å². The van der Waals surface area contributed by atoms with Gasteiger partial charge in [-0.1, -0.05) is 6.07 Å². The molecule has 0 saturated heterocycles. The van der Waals surface area contributed by atoms with Crippen LogP contribution in [0.5, 0.6) is 5.75 Å². The minimum absolute atomic E-state index is 0.0348. The Kier molecular flexibility index (Phi) is 5.16. The van der Waals surface area contributed by atoms with Crippen molar-refractivity contribution in [3.63, 3.8) is 0 Å². The summed E-state index contributed by atoms with van der Waals surface area (Å²) >= 11 is 0. The quantitative estimate of drug-likeness (QED) is 0.868. The van der Waals surface area contributed by atoms with Gasteiger partial charge in [0.05, 0.1) is 13.7 Å². The van der Waals surface area contributed by atoms with Gasteiger partial charge in [-0.2, -0.15) is 0 Å². The van der Waals surface area contributed by atoms with Gasteiger partial charge in [0.2, 0.25) is 0 Å². The van der Waals surface area contributed by atoms with Crippen LogP contribution in [0.15, 0.2) is 18.2 Å². The summed E-state index contributed by atoms with van der Waals surface area (Å²) < 4.78 is 5.22. The molecule has 100 valence electrons. The zero-order valence-corrected chi connectivity index (χ0v) is 11.4. The van der Waals surface area contributed by atoms with Crippen LogP contribution in [0.3, 0.4) is 0 Å². The minimum atomic E-state index is -0.0858. The first-order chi connectivity index (χ1) is 8.51. The lowest BCUT2D eigenvalue weighted by atomic mass is 10.1. The van der Waals surface area contributed by atoms with Crippen molar-refractivity contribution < 1.29 is 14.6 Å². The summed E-state index contributed by atoms with van der Waals surface area (Å²) in [7, 11) is 1.59. The standard InChI is InChI=1S/C14H21NO3/c1-10(2)15(7-8-16)14(17)12-6-5-11(3)13(9-12)18-4/h5-6,9-10,16H,7-8H2,1-4H3. The van der Waals surface area contributed by atoms with E-state index in [2.05, 4.69) is 0 Å². The van der Waals surface area contributed by atoms with Crippen molar-refractivity contribution in [1.29, 1.82) is 0 Å². The Balaban J connectivity index is 3.01. The maximum absolute atomic E-state index is 12.3. The molecule has 18 heavy (non-hydrogen) atoms. The predicted octanol–water partition coefficient (Wildman–Crippen LogP) is 1.85. The lowest BCUT2D eigenvalue weighted by molar-refractivity contribution is 0.0665. The average molecular weight is 251 g/mol. The molecule has 0 fully saturated rings. The Morgan fingerprint density at radius 1 is 1.44 bits per heavy atom. The Bertz CT molecular complexity index is 416. The van der Waals surface area contributed by atoms with Crippen LogP contribution >= 0.6 is 0 Å². The number of nitrogens with zero attached hydrogens (tertiary/aromatic N) is 1. The van der Waals surface area contributed by atoms with E-state index in [1.54, 1.807) is 24.1 Å². The van der Waals surface area contributed by atoms with Crippen molar-refractivity contribution in [3.8, 4) is 5.75 Å². The van der Waals surface area contributed by atoms with Crippen LogP contribution in [-0.2, 0) is 0 Å². The monoisotopic (exact) mass is 251 g/mol. The summed E-state index contributed by atoms with van der Waals surface area (Å²) in [6.45, 7) is 6.10. The molecule has 0 aromatic heterocycles. The number of aryl methyl sites for hydroxylation is 1. The summed E-state index contributed by atoms with van der Waals surface area (Å²) in [6.07, 6.45) is 0. The fourth-order valence-electron chi connectivity index (χ4n) is 1.82. The molecule has 0 atom stereocenters. The van der Waals surface area contributed by atoms with Crippen LogP contribution in [0.1, 0.15) is 29.8 Å². The SMILES string of the molecule is COc1cc(C(=O)N(CCO)C(C)C)ccc1C. The second kappa shape index (κ2) is 6.40. The van der Waals surface area contributed by atoms with Crippen LogP contribution in [0.2, 0.25) is 0 Å². The molecular weight excluding hydrogens is 230 g/mol. The highest BCUT2D eigenvalue weighted by atomic mass is 16.5.